The minimum absolute atomic E-state index is 0. The molecule has 29 heavy (non-hydrogen) atoms. The Morgan fingerprint density at radius 1 is 1.24 bits per heavy atom. The largest absolute Gasteiger partial charge is 0.356 e. The Hall–Kier alpha value is -1.94. The Balaban J connectivity index is 0.00000300. The lowest BCUT2D eigenvalue weighted by atomic mass is 10.1. The van der Waals surface area contributed by atoms with Gasteiger partial charge in [-0.1, -0.05) is 18.2 Å². The monoisotopic (exact) mass is 524 g/mol. The van der Waals surface area contributed by atoms with Gasteiger partial charge in [0, 0.05) is 32.2 Å². The van der Waals surface area contributed by atoms with Gasteiger partial charge in [0.25, 0.3) is 0 Å². The molecule has 8 heteroatoms. The molecule has 0 radical (unpaired) electrons. The number of hydrogen-bond donors (Lipinski definition) is 1. The van der Waals surface area contributed by atoms with E-state index in [9.17, 15) is 0 Å². The summed E-state index contributed by atoms with van der Waals surface area (Å²) in [7, 11) is 3.86. The molecular weight excluding hydrogens is 495 g/mol. The van der Waals surface area contributed by atoms with Crippen molar-refractivity contribution in [2.24, 2.45) is 4.99 Å². The van der Waals surface area contributed by atoms with E-state index in [0.29, 0.717) is 0 Å². The predicted molar refractivity (Wildman–Crippen MR) is 132 cm³/mol. The molecule has 6 nitrogen and oxygen atoms in total. The van der Waals surface area contributed by atoms with Gasteiger partial charge < -0.3 is 10.2 Å². The smallest absolute Gasteiger partial charge is 0.193 e. The minimum Gasteiger partial charge on any atom is -0.356 e. The number of nitrogens with zero attached hydrogens (tertiary/aromatic N) is 5. The summed E-state index contributed by atoms with van der Waals surface area (Å²) in [5.74, 6) is 0.891. The van der Waals surface area contributed by atoms with Gasteiger partial charge in [-0.25, -0.2) is 9.67 Å². The van der Waals surface area contributed by atoms with Crippen LogP contribution in [-0.4, -0.2) is 46.3 Å². The molecule has 1 aromatic carbocycles. The zero-order valence-corrected chi connectivity index (χ0v) is 20.6. The molecular formula is C21H29IN6S. The van der Waals surface area contributed by atoms with E-state index < -0.39 is 0 Å². The molecule has 0 unspecified atom stereocenters. The van der Waals surface area contributed by atoms with E-state index in [1.165, 1.54) is 5.56 Å². The van der Waals surface area contributed by atoms with E-state index in [0.717, 1.165) is 54.0 Å². The number of aromatic nitrogens is 3. The molecule has 0 fully saturated rings. The van der Waals surface area contributed by atoms with Crippen molar-refractivity contribution in [1.29, 1.82) is 0 Å². The van der Waals surface area contributed by atoms with E-state index in [-0.39, 0.29) is 24.0 Å². The molecule has 0 saturated heterocycles. The van der Waals surface area contributed by atoms with Crippen LogP contribution in [0, 0.1) is 13.8 Å². The molecule has 0 saturated carbocycles. The molecule has 3 aromatic rings. The van der Waals surface area contributed by atoms with Gasteiger partial charge in [0.2, 0.25) is 0 Å². The average molecular weight is 524 g/mol. The maximum absolute atomic E-state index is 4.65. The second-order valence-corrected chi connectivity index (χ2v) is 7.87. The van der Waals surface area contributed by atoms with Crippen molar-refractivity contribution in [1.82, 2.24) is 25.0 Å². The molecule has 0 bridgehead atoms. The van der Waals surface area contributed by atoms with Crippen LogP contribution in [0.25, 0.3) is 5.69 Å². The van der Waals surface area contributed by atoms with E-state index in [1.807, 2.05) is 43.9 Å². The van der Waals surface area contributed by atoms with Crippen LogP contribution in [0.15, 0.2) is 46.9 Å². The van der Waals surface area contributed by atoms with Crippen LogP contribution >= 0.6 is 35.3 Å². The third-order valence-corrected chi connectivity index (χ3v) is 5.39. The third kappa shape index (κ3) is 6.53. The summed E-state index contributed by atoms with van der Waals surface area (Å²) < 4.78 is 1.96. The van der Waals surface area contributed by atoms with Crippen molar-refractivity contribution in [3.05, 3.63) is 63.9 Å². The highest BCUT2D eigenvalue weighted by molar-refractivity contribution is 14.0. The first-order valence-corrected chi connectivity index (χ1v) is 10.4. The number of benzene rings is 1. The summed E-state index contributed by atoms with van der Waals surface area (Å²) >= 11 is 1.68. The van der Waals surface area contributed by atoms with Crippen molar-refractivity contribution in [2.45, 2.75) is 33.2 Å². The first-order valence-electron chi connectivity index (χ1n) is 9.50. The van der Waals surface area contributed by atoms with Gasteiger partial charge in [-0.2, -0.15) is 5.10 Å². The highest BCUT2D eigenvalue weighted by Gasteiger charge is 2.09. The lowest BCUT2D eigenvalue weighted by Gasteiger charge is -2.21. The van der Waals surface area contributed by atoms with Gasteiger partial charge in [0.15, 0.2) is 5.96 Å². The van der Waals surface area contributed by atoms with Crippen LogP contribution in [0.1, 0.15) is 28.4 Å². The molecule has 2 aromatic heterocycles. The highest BCUT2D eigenvalue weighted by Crippen LogP contribution is 2.13. The molecule has 2 heterocycles. The fourth-order valence-corrected chi connectivity index (χ4v) is 3.72. The van der Waals surface area contributed by atoms with Crippen molar-refractivity contribution in [2.75, 3.05) is 20.6 Å². The number of guanidine groups is 1. The quantitative estimate of drug-likeness (QED) is 0.218. The number of thiazole rings is 1. The molecule has 0 atom stereocenters. The number of aryl methyl sites for hydroxylation is 3. The normalized spacial score (nSPS) is 11.2. The minimum atomic E-state index is 0. The van der Waals surface area contributed by atoms with Crippen molar-refractivity contribution >= 4 is 41.3 Å². The predicted octanol–water partition coefficient (Wildman–Crippen LogP) is 4.20. The Bertz CT molecular complexity index is 918. The maximum atomic E-state index is 4.65. The van der Waals surface area contributed by atoms with Gasteiger partial charge in [0.05, 0.1) is 28.6 Å². The van der Waals surface area contributed by atoms with Crippen LogP contribution in [0.2, 0.25) is 0 Å². The van der Waals surface area contributed by atoms with E-state index in [4.69, 9.17) is 0 Å². The Morgan fingerprint density at radius 2 is 2.00 bits per heavy atom. The maximum Gasteiger partial charge on any atom is 0.193 e. The summed E-state index contributed by atoms with van der Waals surface area (Å²) in [6.45, 7) is 5.73. The molecule has 0 aliphatic heterocycles. The highest BCUT2D eigenvalue weighted by atomic mass is 127. The number of nitrogens with one attached hydrogen (secondary N) is 1. The number of halogens is 1. The molecule has 1 N–H and O–H groups in total. The zero-order valence-electron chi connectivity index (χ0n) is 17.4. The van der Waals surface area contributed by atoms with Crippen molar-refractivity contribution in [3.63, 3.8) is 0 Å². The van der Waals surface area contributed by atoms with Gasteiger partial charge >= 0.3 is 0 Å². The summed E-state index contributed by atoms with van der Waals surface area (Å²) in [5, 5.41) is 11.3. The van der Waals surface area contributed by atoms with E-state index >= 15 is 0 Å². The molecule has 0 amide bonds. The summed E-state index contributed by atoms with van der Waals surface area (Å²) in [6.07, 6.45) is 4.14. The van der Waals surface area contributed by atoms with Crippen LogP contribution < -0.4 is 5.32 Å². The first kappa shape index (κ1) is 23.3. The standard InChI is InChI=1S/C21H28N6S.HI/c1-16-18(13-27(25-16)20-10-6-5-7-11-20)9-8-12-23-21(22-3)26(4)14-19-15-28-17(2)24-19;/h5-7,10-11,13,15H,8-9,12,14H2,1-4H3,(H,22,23);1H. The Kier molecular flexibility index (Phi) is 9.09. The average Bonchev–Trinajstić information content (AvgIpc) is 3.27. The third-order valence-electron chi connectivity index (χ3n) is 4.57. The summed E-state index contributed by atoms with van der Waals surface area (Å²) in [6, 6.07) is 10.2. The molecule has 0 aliphatic carbocycles. The number of para-hydroxylation sites is 1. The Morgan fingerprint density at radius 3 is 2.66 bits per heavy atom. The van der Waals surface area contributed by atoms with E-state index in [1.54, 1.807) is 11.3 Å². The topological polar surface area (TPSA) is 58.3 Å². The fraction of sp³-hybridized carbons (Fsp3) is 0.381. The number of rotatable bonds is 7. The van der Waals surface area contributed by atoms with Crippen molar-refractivity contribution in [3.8, 4) is 5.69 Å². The Labute approximate surface area is 194 Å². The second-order valence-electron chi connectivity index (χ2n) is 6.81. The SMILES string of the molecule is CN=C(NCCCc1cn(-c2ccccc2)nc1C)N(C)Cc1csc(C)n1.I. The summed E-state index contributed by atoms with van der Waals surface area (Å²) in [5.41, 5.74) is 4.54. The zero-order chi connectivity index (χ0) is 19.9. The molecule has 156 valence electrons. The van der Waals surface area contributed by atoms with Crippen molar-refractivity contribution < 1.29 is 0 Å². The van der Waals surface area contributed by atoms with Crippen LogP contribution in [0.3, 0.4) is 0 Å². The van der Waals surface area contributed by atoms with E-state index in [2.05, 4.69) is 55.9 Å². The van der Waals surface area contributed by atoms with Crippen LogP contribution in [0.5, 0.6) is 0 Å². The molecule has 0 spiro atoms. The van der Waals surface area contributed by atoms with Gasteiger partial charge in [0.1, 0.15) is 0 Å². The second kappa shape index (κ2) is 11.3. The van der Waals surface area contributed by atoms with Gasteiger partial charge in [-0.3, -0.25) is 4.99 Å². The lowest BCUT2D eigenvalue weighted by Crippen LogP contribution is -2.39. The lowest BCUT2D eigenvalue weighted by molar-refractivity contribution is 0.470. The van der Waals surface area contributed by atoms with Crippen LogP contribution in [0.4, 0.5) is 0 Å². The summed E-state index contributed by atoms with van der Waals surface area (Å²) in [4.78, 5) is 11.0. The molecule has 0 aliphatic rings. The molecule has 3 rings (SSSR count). The number of aliphatic imine (C=N–C) groups is 1. The first-order chi connectivity index (χ1) is 13.6. The fourth-order valence-electron chi connectivity index (χ4n) is 3.12. The van der Waals surface area contributed by atoms with Gasteiger partial charge in [-0.15, -0.1) is 35.3 Å². The van der Waals surface area contributed by atoms with Crippen LogP contribution in [-0.2, 0) is 13.0 Å². The van der Waals surface area contributed by atoms with Gasteiger partial charge in [-0.05, 0) is 44.4 Å². The number of hydrogen-bond acceptors (Lipinski definition) is 4.